The zero-order chi connectivity index (χ0) is 67.8. The normalized spacial score (nSPS) is 25.0. The molecule has 2 saturated heterocycles. The molecular formula is C65H97N9O16. The summed E-state index contributed by atoms with van der Waals surface area (Å²) >= 11 is 0. The topological polar surface area (TPSA) is 308 Å². The fourth-order valence-electron chi connectivity index (χ4n) is 11.8. The molecule has 0 aliphatic carbocycles. The van der Waals surface area contributed by atoms with Crippen LogP contribution in [0, 0.1) is 29.6 Å². The number of piperidine rings is 1. The molecule has 4 rings (SSSR count). The van der Waals surface area contributed by atoms with Crippen LogP contribution >= 0.6 is 0 Å². The Morgan fingerprint density at radius 2 is 1.17 bits per heavy atom. The van der Waals surface area contributed by atoms with Gasteiger partial charge in [-0.3, -0.25) is 43.2 Å². The van der Waals surface area contributed by atoms with Gasteiger partial charge >= 0.3 is 17.9 Å². The number of esters is 2. The van der Waals surface area contributed by atoms with E-state index in [1.165, 1.54) is 93.1 Å². The molecule has 2 heterocycles. The molecule has 2 aliphatic heterocycles. The van der Waals surface area contributed by atoms with Gasteiger partial charge in [-0.05, 0) is 85.6 Å². The third-order valence-corrected chi connectivity index (χ3v) is 17.5. The Kier molecular flexibility index (Phi) is 27.8. The molecule has 2 fully saturated rings. The van der Waals surface area contributed by atoms with Crippen molar-refractivity contribution in [2.75, 3.05) is 62.0 Å². The van der Waals surface area contributed by atoms with Gasteiger partial charge < -0.3 is 64.7 Å². The van der Waals surface area contributed by atoms with Crippen molar-refractivity contribution < 1.29 is 76.9 Å². The summed E-state index contributed by atoms with van der Waals surface area (Å²) in [5.41, 5.74) is -0.0377. The molecular weight excluding hydrogens is 1160 g/mol. The number of benzene rings is 2. The van der Waals surface area contributed by atoms with Crippen molar-refractivity contribution in [1.29, 1.82) is 0 Å². The first-order chi connectivity index (χ1) is 42.3. The number of likely N-dealkylation sites (N-methyl/N-ethyl adjacent to an activating group) is 5. The van der Waals surface area contributed by atoms with Crippen LogP contribution in [0.4, 0.5) is 0 Å². The number of ether oxygens (including phenoxy) is 3. The molecule has 25 heteroatoms. The molecule has 0 aromatic heterocycles. The third kappa shape index (κ3) is 18.3. The van der Waals surface area contributed by atoms with E-state index in [2.05, 4.69) is 16.0 Å². The number of aromatic carboxylic acids is 1. The number of cyclic esters (lactones) is 1. The average molecular weight is 1260 g/mol. The first-order valence-electron chi connectivity index (χ1n) is 31.1. The third-order valence-electron chi connectivity index (χ3n) is 17.5. The van der Waals surface area contributed by atoms with Gasteiger partial charge in [0.1, 0.15) is 54.1 Å². The highest BCUT2D eigenvalue weighted by Crippen LogP contribution is 2.27. The van der Waals surface area contributed by atoms with Crippen molar-refractivity contribution in [3.8, 4) is 5.75 Å². The lowest BCUT2D eigenvalue weighted by atomic mass is 9.92. The minimum absolute atomic E-state index is 0.0911. The summed E-state index contributed by atoms with van der Waals surface area (Å²) in [5.74, 6) is -12.4. The molecule has 2 aromatic rings. The summed E-state index contributed by atoms with van der Waals surface area (Å²) < 4.78 is 16.8. The molecule has 2 aliphatic rings. The standard InChI is InChI=1S/C65H97N9O16/c1-18-39(9)53-55(76)66-35-49(75)70(13)51(37(5)6)56(77)67-46(34-42-27-29-43(88-17)30-28-42)65(87)90-41(11)58(79)74-32-23-22-26-48(74)60(81)71(14)52(38(7)8)57(78)68-50(36(3)4)61(82)69(12)47(59(80)73(16)54(40(10)19-2)62(83)72(53)15)31-33-89-64(86)45-25-21-20-24-44(45)63(84)85/h20-21,24-25,27-30,36-41,46-48,50-54H,18-19,22-23,26,31-35H2,1-17H3,(H,66,76)(H,67,77)(H,68,78)(H,84,85)/t39-,40+,41-,46+,47+,48+,50+,51+,52+,53+,54+/m1/s1. The smallest absolute Gasteiger partial charge is 0.339 e. The molecule has 498 valence electrons. The lowest BCUT2D eigenvalue weighted by Crippen LogP contribution is -2.63. The van der Waals surface area contributed by atoms with Gasteiger partial charge in [0.25, 0.3) is 5.91 Å². The van der Waals surface area contributed by atoms with Crippen LogP contribution in [-0.2, 0) is 63.8 Å². The number of amides is 9. The SMILES string of the molecule is CC[C@@H](C)[C@H]1C(=O)NCC(=O)N(C)[C@@H](C(C)C)C(=O)N[C@@H](Cc2ccc(OC)cc2)C(=O)O[C@H](C)C(=O)N2CCCC[C@H]2C(=O)N(C)[C@@H](C(C)C)C(=O)N[C@@H](C(C)C)C(=O)N(C)[C@@H](CCOC(=O)c2ccccc2C(=O)O)C(=O)N(C)[C@@H]([C@@H](C)CC)C(=O)N1C. The van der Waals surface area contributed by atoms with Crippen molar-refractivity contribution in [3.05, 3.63) is 65.2 Å². The number of rotatable bonds is 15. The van der Waals surface area contributed by atoms with Gasteiger partial charge in [0.05, 0.1) is 31.4 Å². The largest absolute Gasteiger partial charge is 0.497 e. The van der Waals surface area contributed by atoms with Crippen molar-refractivity contribution >= 4 is 71.1 Å². The number of carbonyl (C=O) groups excluding carboxylic acids is 11. The van der Waals surface area contributed by atoms with Crippen LogP contribution in [0.3, 0.4) is 0 Å². The second kappa shape index (κ2) is 33.6. The van der Waals surface area contributed by atoms with Gasteiger partial charge in [0, 0.05) is 54.6 Å². The van der Waals surface area contributed by atoms with Crippen molar-refractivity contribution in [2.24, 2.45) is 29.6 Å². The zero-order valence-electron chi connectivity index (χ0n) is 55.5. The van der Waals surface area contributed by atoms with E-state index in [1.54, 1.807) is 86.6 Å². The van der Waals surface area contributed by atoms with Gasteiger partial charge in [-0.1, -0.05) is 106 Å². The van der Waals surface area contributed by atoms with Crippen LogP contribution in [-0.4, -0.2) is 222 Å². The van der Waals surface area contributed by atoms with E-state index in [0.29, 0.717) is 37.0 Å². The van der Waals surface area contributed by atoms with Crippen LogP contribution in [0.15, 0.2) is 48.5 Å². The lowest BCUT2D eigenvalue weighted by molar-refractivity contribution is -0.165. The van der Waals surface area contributed by atoms with Crippen LogP contribution in [0.2, 0.25) is 0 Å². The number of carbonyl (C=O) groups is 12. The van der Waals surface area contributed by atoms with E-state index in [1.807, 2.05) is 6.92 Å². The predicted octanol–water partition coefficient (Wildman–Crippen LogP) is 3.79. The minimum Gasteiger partial charge on any atom is -0.497 e. The average Bonchev–Trinajstić information content (AvgIpc) is 1.20. The van der Waals surface area contributed by atoms with Crippen LogP contribution in [0.1, 0.15) is 141 Å². The van der Waals surface area contributed by atoms with E-state index in [-0.39, 0.29) is 30.5 Å². The summed E-state index contributed by atoms with van der Waals surface area (Å²) in [7, 11) is 8.38. The summed E-state index contributed by atoms with van der Waals surface area (Å²) in [6, 6.07) is 1.63. The number of hydrogen-bond donors (Lipinski definition) is 4. The van der Waals surface area contributed by atoms with E-state index >= 15 is 14.4 Å². The molecule has 2 aromatic carbocycles. The number of hydrogen-bond acceptors (Lipinski definition) is 15. The number of fused-ring (bicyclic) bond motifs is 1. The van der Waals surface area contributed by atoms with Crippen molar-refractivity contribution in [1.82, 2.24) is 45.3 Å². The van der Waals surface area contributed by atoms with E-state index in [4.69, 9.17) is 14.2 Å². The first kappa shape index (κ1) is 74.3. The molecule has 0 bridgehead atoms. The Morgan fingerprint density at radius 1 is 0.622 bits per heavy atom. The molecule has 9 amide bonds. The molecule has 0 saturated carbocycles. The Morgan fingerprint density at radius 3 is 1.72 bits per heavy atom. The minimum atomic E-state index is -1.53. The molecule has 4 N–H and O–H groups in total. The van der Waals surface area contributed by atoms with Crippen LogP contribution < -0.4 is 20.7 Å². The maximum Gasteiger partial charge on any atom is 0.339 e. The molecule has 11 atom stereocenters. The number of carboxylic acids is 1. The fraction of sp³-hybridized carbons (Fsp3) is 0.631. The monoisotopic (exact) mass is 1260 g/mol. The number of methoxy groups -OCH3 is 1. The highest BCUT2D eigenvalue weighted by Gasteiger charge is 2.46. The zero-order valence-corrected chi connectivity index (χ0v) is 55.5. The molecule has 0 radical (unpaired) electrons. The van der Waals surface area contributed by atoms with Gasteiger partial charge in [-0.15, -0.1) is 0 Å². The van der Waals surface area contributed by atoms with Gasteiger partial charge in [-0.25, -0.2) is 14.4 Å². The van der Waals surface area contributed by atoms with E-state index < -0.39 is 175 Å². The van der Waals surface area contributed by atoms with Gasteiger partial charge in [0.15, 0.2) is 6.10 Å². The van der Waals surface area contributed by atoms with Gasteiger partial charge in [0.2, 0.25) is 47.3 Å². The number of nitrogens with one attached hydrogen (secondary N) is 3. The highest BCUT2D eigenvalue weighted by atomic mass is 16.6. The summed E-state index contributed by atoms with van der Waals surface area (Å²) in [4.78, 5) is 180. The van der Waals surface area contributed by atoms with E-state index in [0.717, 1.165) is 9.80 Å². The fourth-order valence-corrected chi connectivity index (χ4v) is 11.8. The molecule has 90 heavy (non-hydrogen) atoms. The van der Waals surface area contributed by atoms with Gasteiger partial charge in [-0.2, -0.15) is 0 Å². The van der Waals surface area contributed by atoms with Crippen LogP contribution in [0.5, 0.6) is 5.75 Å². The highest BCUT2D eigenvalue weighted by molar-refractivity contribution is 6.03. The summed E-state index contributed by atoms with van der Waals surface area (Å²) in [6.07, 6.45) is -0.107. The Hall–Kier alpha value is -8.12. The molecule has 25 nitrogen and oxygen atoms in total. The quantitative estimate of drug-likeness (QED) is 0.184. The molecule has 0 unspecified atom stereocenters. The second-order valence-electron chi connectivity index (χ2n) is 24.8. The second-order valence-corrected chi connectivity index (χ2v) is 24.8. The number of nitrogens with zero attached hydrogens (tertiary/aromatic N) is 6. The predicted molar refractivity (Wildman–Crippen MR) is 333 cm³/mol. The maximum absolute atomic E-state index is 15.4. The molecule has 0 spiro atoms. The van der Waals surface area contributed by atoms with Crippen molar-refractivity contribution in [2.45, 2.75) is 176 Å². The Bertz CT molecular complexity index is 2900. The number of carboxylic acid groups (broad SMARTS) is 1. The maximum atomic E-state index is 15.4. The van der Waals surface area contributed by atoms with Crippen molar-refractivity contribution in [3.63, 3.8) is 0 Å². The van der Waals surface area contributed by atoms with Crippen LogP contribution in [0.25, 0.3) is 0 Å². The Balaban J connectivity index is 1.90. The Labute approximate surface area is 529 Å². The van der Waals surface area contributed by atoms with E-state index in [9.17, 15) is 48.3 Å². The summed E-state index contributed by atoms with van der Waals surface area (Å²) in [5, 5.41) is 18.1. The lowest BCUT2D eigenvalue weighted by Gasteiger charge is -2.41. The summed E-state index contributed by atoms with van der Waals surface area (Å²) in [6.45, 7) is 17.5. The first-order valence-corrected chi connectivity index (χ1v) is 31.1.